The van der Waals surface area contributed by atoms with E-state index in [1.54, 1.807) is 19.0 Å². The van der Waals surface area contributed by atoms with E-state index in [2.05, 4.69) is 5.32 Å². The molecule has 1 aliphatic heterocycles. The molecule has 0 radical (unpaired) electrons. The number of imide groups is 2. The smallest absolute Gasteiger partial charge is 0.332 e. The molecular formula is C26H30Cl2N4O6S. The largest absolute Gasteiger partial charge is 0.494 e. The number of urea groups is 1. The number of nitrogens with zero attached hydrogens (tertiary/aromatic N) is 3. The highest BCUT2D eigenvalue weighted by Gasteiger charge is 2.46. The minimum atomic E-state index is -1.62. The van der Waals surface area contributed by atoms with Crippen molar-refractivity contribution in [2.24, 2.45) is 5.92 Å². The first-order valence-corrected chi connectivity index (χ1v) is 13.5. The maximum Gasteiger partial charge on any atom is 0.332 e. The molecule has 6 amide bonds. The predicted molar refractivity (Wildman–Crippen MR) is 152 cm³/mol. The van der Waals surface area contributed by atoms with Crippen molar-refractivity contribution in [3.63, 3.8) is 0 Å². The third kappa shape index (κ3) is 9.45. The van der Waals surface area contributed by atoms with Crippen LogP contribution in [0.15, 0.2) is 48.5 Å². The molecule has 0 spiro atoms. The Morgan fingerprint density at radius 2 is 1.56 bits per heavy atom. The van der Waals surface area contributed by atoms with Gasteiger partial charge in [-0.2, -0.15) is 0 Å². The van der Waals surface area contributed by atoms with Crippen LogP contribution in [0.3, 0.4) is 0 Å². The highest BCUT2D eigenvalue weighted by molar-refractivity contribution is 8.13. The van der Waals surface area contributed by atoms with Crippen LogP contribution in [0.25, 0.3) is 0 Å². The van der Waals surface area contributed by atoms with Gasteiger partial charge in [0.1, 0.15) is 5.75 Å². The number of thioether (sulfide) groups is 1. The highest BCUT2D eigenvalue weighted by Crippen LogP contribution is 2.26. The Labute approximate surface area is 241 Å². The van der Waals surface area contributed by atoms with Crippen molar-refractivity contribution in [3.05, 3.63) is 58.6 Å². The van der Waals surface area contributed by atoms with Crippen LogP contribution in [0.1, 0.15) is 12.8 Å². The average molecular weight is 598 g/mol. The lowest BCUT2D eigenvalue weighted by Crippen LogP contribution is -2.59. The first-order chi connectivity index (χ1) is 18.4. The molecule has 0 aromatic heterocycles. The lowest BCUT2D eigenvalue weighted by molar-refractivity contribution is -0.151. The molecule has 0 bridgehead atoms. The van der Waals surface area contributed by atoms with Gasteiger partial charge in [0.15, 0.2) is 5.92 Å². The molecule has 0 unspecified atom stereocenters. The Kier molecular flexibility index (Phi) is 12.6. The van der Waals surface area contributed by atoms with Gasteiger partial charge in [0, 0.05) is 39.6 Å². The summed E-state index contributed by atoms with van der Waals surface area (Å²) in [7, 11) is 5.95. The van der Waals surface area contributed by atoms with Crippen LogP contribution < -0.4 is 10.1 Å². The number of hydrogen-bond donors (Lipinski definition) is 1. The first-order valence-electron chi connectivity index (χ1n) is 11.8. The van der Waals surface area contributed by atoms with Crippen molar-refractivity contribution < 1.29 is 28.7 Å². The summed E-state index contributed by atoms with van der Waals surface area (Å²) < 4.78 is 5.56. The molecule has 3 rings (SSSR count). The summed E-state index contributed by atoms with van der Waals surface area (Å²) >= 11 is 13.0. The average Bonchev–Trinajstić information content (AvgIpc) is 2.91. The number of rotatable bonds is 8. The fourth-order valence-electron chi connectivity index (χ4n) is 3.12. The minimum Gasteiger partial charge on any atom is -0.494 e. The summed E-state index contributed by atoms with van der Waals surface area (Å²) in [5, 5.41) is 3.04. The van der Waals surface area contributed by atoms with Gasteiger partial charge in [-0.15, -0.1) is 0 Å². The minimum absolute atomic E-state index is 0.119. The molecule has 2 aromatic rings. The number of carbonyl (C=O) groups excluding carboxylic acids is 5. The van der Waals surface area contributed by atoms with Crippen molar-refractivity contribution >= 4 is 69.6 Å². The molecule has 1 fully saturated rings. The molecular weight excluding hydrogens is 567 g/mol. The highest BCUT2D eigenvalue weighted by atomic mass is 35.5. The third-order valence-corrected chi connectivity index (χ3v) is 7.16. The van der Waals surface area contributed by atoms with Gasteiger partial charge in [-0.3, -0.25) is 29.0 Å². The number of halogens is 2. The van der Waals surface area contributed by atoms with E-state index in [1.807, 2.05) is 30.3 Å². The van der Waals surface area contributed by atoms with E-state index >= 15 is 0 Å². The quantitative estimate of drug-likeness (QED) is 0.341. The molecule has 10 nitrogen and oxygen atoms in total. The molecule has 1 aliphatic rings. The summed E-state index contributed by atoms with van der Waals surface area (Å²) in [5.41, 5.74) is 0.280. The summed E-state index contributed by atoms with van der Waals surface area (Å²) in [4.78, 5) is 62.1. The van der Waals surface area contributed by atoms with Crippen molar-refractivity contribution in [3.8, 4) is 5.75 Å². The zero-order valence-electron chi connectivity index (χ0n) is 22.0. The summed E-state index contributed by atoms with van der Waals surface area (Å²) in [6.45, 7) is 0.709. The molecule has 1 heterocycles. The van der Waals surface area contributed by atoms with Gasteiger partial charge in [0.25, 0.3) is 17.1 Å². The van der Waals surface area contributed by atoms with Crippen molar-refractivity contribution in [2.45, 2.75) is 12.8 Å². The monoisotopic (exact) mass is 596 g/mol. The summed E-state index contributed by atoms with van der Waals surface area (Å²) in [5.74, 6) is -2.47. The first kappa shape index (κ1) is 31.9. The van der Waals surface area contributed by atoms with E-state index in [0.29, 0.717) is 11.6 Å². The number of benzene rings is 2. The van der Waals surface area contributed by atoms with Crippen LogP contribution >= 0.6 is 35.0 Å². The Morgan fingerprint density at radius 3 is 2.13 bits per heavy atom. The van der Waals surface area contributed by atoms with Gasteiger partial charge >= 0.3 is 6.03 Å². The Hall–Kier alpha value is -3.28. The molecule has 1 saturated heterocycles. The molecule has 0 atom stereocenters. The van der Waals surface area contributed by atoms with Crippen LogP contribution in [0.5, 0.6) is 5.75 Å². The fraction of sp³-hybridized carbons (Fsp3) is 0.346. The third-order valence-electron chi connectivity index (χ3n) is 5.32. The van der Waals surface area contributed by atoms with Crippen LogP contribution in [-0.2, 0) is 14.4 Å². The Morgan fingerprint density at radius 1 is 0.949 bits per heavy atom. The second-order valence-electron chi connectivity index (χ2n) is 8.51. The second-order valence-corrected chi connectivity index (χ2v) is 10.4. The summed E-state index contributed by atoms with van der Waals surface area (Å²) in [6.07, 6.45) is 1.97. The Bertz CT molecular complexity index is 1170. The second kappa shape index (κ2) is 15.3. The van der Waals surface area contributed by atoms with E-state index in [4.69, 9.17) is 27.9 Å². The number of ether oxygens (including phenoxy) is 1. The van der Waals surface area contributed by atoms with E-state index in [0.717, 1.165) is 34.1 Å². The lowest BCUT2D eigenvalue weighted by Gasteiger charge is -2.32. The molecule has 210 valence electrons. The van der Waals surface area contributed by atoms with Crippen molar-refractivity contribution in [1.82, 2.24) is 14.7 Å². The van der Waals surface area contributed by atoms with Gasteiger partial charge in [-0.1, -0.05) is 53.2 Å². The van der Waals surface area contributed by atoms with Crippen molar-refractivity contribution in [2.75, 3.05) is 45.9 Å². The zero-order chi connectivity index (χ0) is 29.1. The predicted octanol–water partition coefficient (Wildman–Crippen LogP) is 4.86. The summed E-state index contributed by atoms with van der Waals surface area (Å²) in [6, 6.07) is 13.3. The van der Waals surface area contributed by atoms with Gasteiger partial charge in [0.2, 0.25) is 5.91 Å². The van der Waals surface area contributed by atoms with Crippen LogP contribution in [-0.4, -0.2) is 84.2 Å². The normalized spacial score (nSPS) is 13.5. The van der Waals surface area contributed by atoms with Crippen LogP contribution in [0.2, 0.25) is 10.0 Å². The fourth-order valence-corrected chi connectivity index (χ4v) is 4.20. The number of para-hydroxylation sites is 1. The molecule has 13 heteroatoms. The van der Waals surface area contributed by atoms with Gasteiger partial charge in [0.05, 0.1) is 16.7 Å². The van der Waals surface area contributed by atoms with Crippen molar-refractivity contribution in [1.29, 1.82) is 0 Å². The molecule has 39 heavy (non-hydrogen) atoms. The number of hydrogen-bond acceptors (Lipinski definition) is 7. The van der Waals surface area contributed by atoms with Crippen LogP contribution in [0.4, 0.5) is 15.3 Å². The topological polar surface area (TPSA) is 116 Å². The maximum absolute atomic E-state index is 12.2. The number of nitrogens with one attached hydrogen (secondary N) is 1. The van der Waals surface area contributed by atoms with E-state index in [1.165, 1.54) is 44.1 Å². The number of barbiturate groups is 1. The van der Waals surface area contributed by atoms with E-state index in [9.17, 15) is 24.0 Å². The van der Waals surface area contributed by atoms with Gasteiger partial charge in [-0.05, 0) is 43.2 Å². The SMILES string of the molecule is CN(C)C(=O)SCCCCOc1ccccc1.CN1C(=O)C(C(=O)Nc2ccc(Cl)c(Cl)c2)C(=O)N(C)C1=O. The standard InChI is InChI=1S/C13H11Cl2N3O4.C13H19NO2S/c1-17-11(20)9(12(21)18(2)13(17)22)10(19)16-6-3-4-7(14)8(15)5-6;1-14(2)13(15)17-11-7-6-10-16-12-8-4-3-5-9-12/h3-5,9H,1-2H3,(H,16,19);3-5,8-9H,6-7,10-11H2,1-2H3. The molecule has 0 aliphatic carbocycles. The number of amides is 6. The van der Waals surface area contributed by atoms with Gasteiger partial charge < -0.3 is 15.0 Å². The van der Waals surface area contributed by atoms with E-state index < -0.39 is 29.7 Å². The lowest BCUT2D eigenvalue weighted by atomic mass is 10.0. The number of unbranched alkanes of at least 4 members (excludes halogenated alkanes) is 1. The maximum atomic E-state index is 12.2. The Balaban J connectivity index is 0.000000283. The molecule has 1 N–H and O–H groups in total. The van der Waals surface area contributed by atoms with Gasteiger partial charge in [-0.25, -0.2) is 4.79 Å². The molecule has 0 saturated carbocycles. The van der Waals surface area contributed by atoms with E-state index in [-0.39, 0.29) is 15.9 Å². The molecule has 2 aromatic carbocycles. The number of carbonyl (C=O) groups is 5. The van der Waals surface area contributed by atoms with Crippen LogP contribution in [0, 0.1) is 5.92 Å². The number of anilines is 1. The zero-order valence-corrected chi connectivity index (χ0v) is 24.3.